The molecule has 6 nitrogen and oxygen atoms in total. The molecule has 21 heavy (non-hydrogen) atoms. The Bertz CT molecular complexity index is 329. The first-order chi connectivity index (χ1) is 10.3. The SMILES string of the molecule is CN=C(NCCOC)NCC1(N2CCOCC2)CCSC1. The first-order valence-corrected chi connectivity index (χ1v) is 8.80. The summed E-state index contributed by atoms with van der Waals surface area (Å²) in [6, 6.07) is 0. The molecule has 2 N–H and O–H groups in total. The molecule has 0 aromatic heterocycles. The Labute approximate surface area is 132 Å². The minimum absolute atomic E-state index is 0.243. The second kappa shape index (κ2) is 8.82. The van der Waals surface area contributed by atoms with Gasteiger partial charge in [-0.15, -0.1) is 0 Å². The van der Waals surface area contributed by atoms with Gasteiger partial charge in [-0.2, -0.15) is 11.8 Å². The molecule has 0 spiro atoms. The average Bonchev–Trinajstić information content (AvgIpc) is 3.02. The molecule has 2 aliphatic heterocycles. The van der Waals surface area contributed by atoms with Gasteiger partial charge in [-0.3, -0.25) is 9.89 Å². The van der Waals surface area contributed by atoms with Crippen LogP contribution in [0.25, 0.3) is 0 Å². The number of aliphatic imine (C=N–C) groups is 1. The highest BCUT2D eigenvalue weighted by molar-refractivity contribution is 7.99. The quantitative estimate of drug-likeness (QED) is 0.409. The third kappa shape index (κ3) is 4.74. The van der Waals surface area contributed by atoms with E-state index in [0.717, 1.165) is 45.4 Å². The first-order valence-electron chi connectivity index (χ1n) is 7.65. The highest BCUT2D eigenvalue weighted by Crippen LogP contribution is 2.33. The van der Waals surface area contributed by atoms with E-state index in [9.17, 15) is 0 Å². The molecule has 0 aromatic carbocycles. The van der Waals surface area contributed by atoms with Crippen LogP contribution in [0.5, 0.6) is 0 Å². The summed E-state index contributed by atoms with van der Waals surface area (Å²) >= 11 is 2.05. The summed E-state index contributed by atoms with van der Waals surface area (Å²) in [5.74, 6) is 3.29. The van der Waals surface area contributed by atoms with Crippen LogP contribution in [0.15, 0.2) is 4.99 Å². The Hall–Kier alpha value is -0.500. The smallest absolute Gasteiger partial charge is 0.191 e. The third-order valence-electron chi connectivity index (χ3n) is 4.17. The fraction of sp³-hybridized carbons (Fsp3) is 0.929. The van der Waals surface area contributed by atoms with E-state index >= 15 is 0 Å². The predicted molar refractivity (Wildman–Crippen MR) is 88.3 cm³/mol. The monoisotopic (exact) mass is 316 g/mol. The number of ether oxygens (including phenoxy) is 2. The second-order valence-electron chi connectivity index (χ2n) is 5.47. The fourth-order valence-electron chi connectivity index (χ4n) is 2.88. The second-order valence-corrected chi connectivity index (χ2v) is 6.58. The predicted octanol–water partition coefficient (Wildman–Crippen LogP) is 0.00570. The summed E-state index contributed by atoms with van der Waals surface area (Å²) < 4.78 is 10.6. The van der Waals surface area contributed by atoms with E-state index in [2.05, 4.69) is 32.3 Å². The summed E-state index contributed by atoms with van der Waals surface area (Å²) in [6.07, 6.45) is 1.24. The lowest BCUT2D eigenvalue weighted by Gasteiger charge is -2.43. The number of rotatable bonds is 6. The van der Waals surface area contributed by atoms with Gasteiger partial charge in [0.2, 0.25) is 0 Å². The molecule has 0 aromatic rings. The normalized spacial score (nSPS) is 27.8. The van der Waals surface area contributed by atoms with Gasteiger partial charge in [0.1, 0.15) is 0 Å². The minimum Gasteiger partial charge on any atom is -0.383 e. The molecule has 2 heterocycles. The van der Waals surface area contributed by atoms with E-state index in [4.69, 9.17) is 9.47 Å². The van der Waals surface area contributed by atoms with E-state index in [1.807, 2.05) is 7.05 Å². The van der Waals surface area contributed by atoms with Crippen molar-refractivity contribution in [2.75, 3.05) is 71.7 Å². The molecule has 1 unspecified atom stereocenters. The van der Waals surface area contributed by atoms with Crippen molar-refractivity contribution in [2.45, 2.75) is 12.0 Å². The lowest BCUT2D eigenvalue weighted by atomic mass is 9.95. The molecule has 0 amide bonds. The maximum absolute atomic E-state index is 5.50. The van der Waals surface area contributed by atoms with Gasteiger partial charge >= 0.3 is 0 Å². The van der Waals surface area contributed by atoms with Gasteiger partial charge in [0, 0.05) is 51.6 Å². The lowest BCUT2D eigenvalue weighted by molar-refractivity contribution is -0.0120. The van der Waals surface area contributed by atoms with Gasteiger partial charge < -0.3 is 20.1 Å². The molecular formula is C14H28N4O2S. The van der Waals surface area contributed by atoms with Crippen LogP contribution in [-0.4, -0.2) is 88.1 Å². The third-order valence-corrected chi connectivity index (χ3v) is 5.41. The van der Waals surface area contributed by atoms with Crippen LogP contribution in [-0.2, 0) is 9.47 Å². The van der Waals surface area contributed by atoms with E-state index in [0.29, 0.717) is 6.61 Å². The highest BCUT2D eigenvalue weighted by atomic mass is 32.2. The largest absolute Gasteiger partial charge is 0.383 e. The number of nitrogens with zero attached hydrogens (tertiary/aromatic N) is 2. The van der Waals surface area contributed by atoms with Crippen LogP contribution in [0.4, 0.5) is 0 Å². The van der Waals surface area contributed by atoms with Crippen LogP contribution in [0.2, 0.25) is 0 Å². The number of nitrogens with one attached hydrogen (secondary N) is 2. The van der Waals surface area contributed by atoms with E-state index < -0.39 is 0 Å². The minimum atomic E-state index is 0.243. The van der Waals surface area contributed by atoms with E-state index in [1.165, 1.54) is 17.9 Å². The molecule has 1 atom stereocenters. The zero-order chi connectivity index (χ0) is 15.0. The first kappa shape index (κ1) is 16.9. The van der Waals surface area contributed by atoms with E-state index in [-0.39, 0.29) is 5.54 Å². The molecule has 2 fully saturated rings. The van der Waals surface area contributed by atoms with Gasteiger partial charge in [0.15, 0.2) is 5.96 Å². The molecule has 122 valence electrons. The Kier molecular flexibility index (Phi) is 7.09. The van der Waals surface area contributed by atoms with Crippen molar-refractivity contribution in [3.05, 3.63) is 0 Å². The average molecular weight is 316 g/mol. The van der Waals surface area contributed by atoms with Crippen molar-refractivity contribution in [1.82, 2.24) is 15.5 Å². The summed E-state index contributed by atoms with van der Waals surface area (Å²) in [5.41, 5.74) is 0.243. The molecule has 0 radical (unpaired) electrons. The summed E-state index contributed by atoms with van der Waals surface area (Å²) in [6.45, 7) is 6.18. The molecular weight excluding hydrogens is 288 g/mol. The van der Waals surface area contributed by atoms with Crippen molar-refractivity contribution < 1.29 is 9.47 Å². The Morgan fingerprint density at radius 3 is 2.81 bits per heavy atom. The summed E-state index contributed by atoms with van der Waals surface area (Å²) in [7, 11) is 3.52. The van der Waals surface area contributed by atoms with Crippen LogP contribution < -0.4 is 10.6 Å². The van der Waals surface area contributed by atoms with Gasteiger partial charge in [-0.1, -0.05) is 0 Å². The highest BCUT2D eigenvalue weighted by Gasteiger charge is 2.40. The summed E-state index contributed by atoms with van der Waals surface area (Å²) in [5, 5.41) is 6.77. The molecule has 2 aliphatic rings. The van der Waals surface area contributed by atoms with Gasteiger partial charge in [0.25, 0.3) is 0 Å². The van der Waals surface area contributed by atoms with Crippen molar-refractivity contribution in [3.8, 4) is 0 Å². The molecule has 7 heteroatoms. The maximum atomic E-state index is 5.50. The van der Waals surface area contributed by atoms with E-state index in [1.54, 1.807) is 7.11 Å². The number of thioether (sulfide) groups is 1. The van der Waals surface area contributed by atoms with Gasteiger partial charge in [0.05, 0.1) is 19.8 Å². The molecule has 0 bridgehead atoms. The number of morpholine rings is 1. The molecule has 2 rings (SSSR count). The maximum Gasteiger partial charge on any atom is 0.191 e. The van der Waals surface area contributed by atoms with Crippen molar-refractivity contribution in [2.24, 2.45) is 4.99 Å². The van der Waals surface area contributed by atoms with Crippen LogP contribution in [0.1, 0.15) is 6.42 Å². The lowest BCUT2D eigenvalue weighted by Crippen LogP contribution is -2.60. The summed E-state index contributed by atoms with van der Waals surface area (Å²) in [4.78, 5) is 6.89. The zero-order valence-electron chi connectivity index (χ0n) is 13.2. The van der Waals surface area contributed by atoms with Gasteiger partial charge in [-0.05, 0) is 12.2 Å². The Morgan fingerprint density at radius 2 is 2.19 bits per heavy atom. The number of hydrogen-bond acceptors (Lipinski definition) is 5. The van der Waals surface area contributed by atoms with Crippen molar-refractivity contribution in [1.29, 1.82) is 0 Å². The Balaban J connectivity index is 1.87. The fourth-order valence-corrected chi connectivity index (χ4v) is 4.35. The Morgan fingerprint density at radius 1 is 1.38 bits per heavy atom. The van der Waals surface area contributed by atoms with Crippen LogP contribution in [0.3, 0.4) is 0 Å². The number of methoxy groups -OCH3 is 1. The van der Waals surface area contributed by atoms with Crippen LogP contribution in [0, 0.1) is 0 Å². The molecule has 0 saturated carbocycles. The standard InChI is InChI=1S/C14H28N4O2S/c1-15-13(16-4-7-19-2)17-11-14(3-10-21-12-14)18-5-8-20-9-6-18/h3-12H2,1-2H3,(H2,15,16,17). The van der Waals surface area contributed by atoms with Crippen LogP contribution >= 0.6 is 11.8 Å². The molecule has 2 saturated heterocycles. The van der Waals surface area contributed by atoms with Crippen molar-refractivity contribution in [3.63, 3.8) is 0 Å². The number of guanidine groups is 1. The number of hydrogen-bond donors (Lipinski definition) is 2. The topological polar surface area (TPSA) is 58.1 Å². The van der Waals surface area contributed by atoms with Gasteiger partial charge in [-0.25, -0.2) is 0 Å². The zero-order valence-corrected chi connectivity index (χ0v) is 14.0. The van der Waals surface area contributed by atoms with Crippen molar-refractivity contribution >= 4 is 17.7 Å². The molecule has 0 aliphatic carbocycles.